The molecule has 2 aromatic rings. The van der Waals surface area contributed by atoms with Gasteiger partial charge in [-0.05, 0) is 55.4 Å². The minimum atomic E-state index is -1.52. The molecule has 0 spiro atoms. The summed E-state index contributed by atoms with van der Waals surface area (Å²) in [6.07, 6.45) is 1.34. The van der Waals surface area contributed by atoms with Gasteiger partial charge in [-0.3, -0.25) is 4.79 Å². The summed E-state index contributed by atoms with van der Waals surface area (Å²) in [7, 11) is 0. The van der Waals surface area contributed by atoms with E-state index in [4.69, 9.17) is 4.74 Å². The molecule has 1 heterocycles. The molecule has 0 saturated carbocycles. The minimum Gasteiger partial charge on any atom is -0.612 e. The third-order valence-corrected chi connectivity index (χ3v) is 5.01. The van der Waals surface area contributed by atoms with Gasteiger partial charge in [-0.1, -0.05) is 0 Å². The lowest BCUT2D eigenvalue weighted by Gasteiger charge is -2.18. The Bertz CT molecular complexity index is 936. The maximum absolute atomic E-state index is 14.3. The number of hydrogen-bond acceptors (Lipinski definition) is 3. The van der Waals surface area contributed by atoms with E-state index in [0.29, 0.717) is 6.07 Å². The van der Waals surface area contributed by atoms with E-state index in [1.807, 2.05) is 0 Å². The second kappa shape index (κ2) is 6.48. The van der Waals surface area contributed by atoms with Crippen molar-refractivity contribution in [1.82, 2.24) is 0 Å². The number of carbonyl (C=O) groups is 1. The average molecular weight is 380 g/mol. The third-order valence-electron chi connectivity index (χ3n) is 4.06. The number of rotatable bonds is 3. The van der Waals surface area contributed by atoms with E-state index in [2.05, 4.69) is 0 Å². The van der Waals surface area contributed by atoms with Crippen LogP contribution in [0.4, 0.5) is 13.2 Å². The van der Waals surface area contributed by atoms with Crippen molar-refractivity contribution in [1.29, 1.82) is 0 Å². The van der Waals surface area contributed by atoms with Crippen molar-refractivity contribution in [2.24, 2.45) is 0 Å². The smallest absolute Gasteiger partial charge is 0.210 e. The Kier molecular flexibility index (Phi) is 4.62. The molecule has 0 bridgehead atoms. The standard InChI is InChI=1S/C19H15F3O3S/c1-19(2)18(23)16(12-6-5-11(20)9-13(12)21)17(25-19)10-4-7-15(26(3)24)14(22)8-10/h4-9H,1-3H3. The lowest BCUT2D eigenvalue weighted by Crippen LogP contribution is -2.29. The summed E-state index contributed by atoms with van der Waals surface area (Å²) in [5, 5.41) is 0. The van der Waals surface area contributed by atoms with E-state index < -0.39 is 40.0 Å². The number of Topliss-reactive ketones (excluding diaryl/α,β-unsaturated/α-hetero) is 1. The van der Waals surface area contributed by atoms with Crippen LogP contribution in [0.3, 0.4) is 0 Å². The largest absolute Gasteiger partial charge is 0.612 e. The van der Waals surface area contributed by atoms with Crippen LogP contribution >= 0.6 is 0 Å². The first-order valence-corrected chi connectivity index (χ1v) is 9.24. The quantitative estimate of drug-likeness (QED) is 0.754. The van der Waals surface area contributed by atoms with Gasteiger partial charge in [-0.15, -0.1) is 0 Å². The molecule has 136 valence electrons. The predicted octanol–water partition coefficient (Wildman–Crippen LogP) is 4.09. The van der Waals surface area contributed by atoms with Gasteiger partial charge in [0, 0.05) is 17.2 Å². The van der Waals surface area contributed by atoms with Gasteiger partial charge < -0.3 is 9.29 Å². The van der Waals surface area contributed by atoms with Crippen molar-refractivity contribution in [3.63, 3.8) is 0 Å². The van der Waals surface area contributed by atoms with Crippen LogP contribution < -0.4 is 0 Å². The first kappa shape index (κ1) is 18.5. The second-order valence-electron chi connectivity index (χ2n) is 6.37. The highest BCUT2D eigenvalue weighted by molar-refractivity contribution is 7.90. The Morgan fingerprint density at radius 3 is 2.31 bits per heavy atom. The van der Waals surface area contributed by atoms with Crippen molar-refractivity contribution < 1.29 is 27.3 Å². The first-order valence-electron chi connectivity index (χ1n) is 7.68. The highest BCUT2D eigenvalue weighted by atomic mass is 32.2. The van der Waals surface area contributed by atoms with E-state index in [9.17, 15) is 22.5 Å². The lowest BCUT2D eigenvalue weighted by molar-refractivity contribution is -0.125. The summed E-state index contributed by atoms with van der Waals surface area (Å²) in [6.45, 7) is 3.02. The zero-order chi connectivity index (χ0) is 19.2. The molecule has 2 aromatic carbocycles. The molecule has 0 N–H and O–H groups in total. The molecule has 0 amide bonds. The zero-order valence-electron chi connectivity index (χ0n) is 14.2. The maximum Gasteiger partial charge on any atom is 0.210 e. The topological polar surface area (TPSA) is 49.4 Å². The Labute approximate surface area is 151 Å². The van der Waals surface area contributed by atoms with E-state index in [0.717, 1.165) is 18.2 Å². The Hall–Kier alpha value is -2.25. The molecular weight excluding hydrogens is 365 g/mol. The van der Waals surface area contributed by atoms with Crippen LogP contribution in [0.2, 0.25) is 0 Å². The number of carbonyl (C=O) groups excluding carboxylic acids is 1. The molecule has 3 rings (SSSR count). The van der Waals surface area contributed by atoms with Crippen molar-refractivity contribution in [2.75, 3.05) is 6.26 Å². The van der Waals surface area contributed by atoms with E-state index in [1.165, 1.54) is 32.2 Å². The molecule has 0 fully saturated rings. The van der Waals surface area contributed by atoms with E-state index >= 15 is 0 Å². The molecule has 0 aliphatic carbocycles. The molecule has 0 saturated heterocycles. The van der Waals surface area contributed by atoms with Gasteiger partial charge >= 0.3 is 0 Å². The highest BCUT2D eigenvalue weighted by Gasteiger charge is 2.43. The van der Waals surface area contributed by atoms with Crippen molar-refractivity contribution in [3.05, 3.63) is 65.0 Å². The summed E-state index contributed by atoms with van der Waals surface area (Å²) >= 11 is -1.52. The molecule has 0 radical (unpaired) electrons. The SMILES string of the molecule is C[S+]([O-])c1ccc(C2=C(c3ccc(F)cc3F)C(=O)C(C)(C)O2)cc1F. The molecular formula is C19H15F3O3S. The predicted molar refractivity (Wildman–Crippen MR) is 92.1 cm³/mol. The number of halogens is 3. The number of ketones is 1. The molecule has 7 heteroatoms. The lowest BCUT2D eigenvalue weighted by atomic mass is 9.92. The van der Waals surface area contributed by atoms with Crippen LogP contribution in [0.5, 0.6) is 0 Å². The molecule has 3 nitrogen and oxygen atoms in total. The summed E-state index contributed by atoms with van der Waals surface area (Å²) in [4.78, 5) is 12.7. The van der Waals surface area contributed by atoms with Crippen LogP contribution in [0, 0.1) is 17.5 Å². The summed E-state index contributed by atoms with van der Waals surface area (Å²) in [6, 6.07) is 6.71. The van der Waals surface area contributed by atoms with Crippen LogP contribution in [0.25, 0.3) is 11.3 Å². The summed E-state index contributed by atoms with van der Waals surface area (Å²) in [5.41, 5.74) is -1.29. The maximum atomic E-state index is 14.3. The van der Waals surface area contributed by atoms with Crippen LogP contribution in [-0.2, 0) is 20.7 Å². The average Bonchev–Trinajstić information content (AvgIpc) is 2.78. The molecule has 1 unspecified atom stereocenters. The van der Waals surface area contributed by atoms with Crippen molar-refractivity contribution >= 4 is 28.3 Å². The molecule has 26 heavy (non-hydrogen) atoms. The van der Waals surface area contributed by atoms with Gasteiger partial charge in [0.15, 0.2) is 16.3 Å². The monoisotopic (exact) mass is 380 g/mol. The second-order valence-corrected chi connectivity index (χ2v) is 7.72. The number of hydrogen-bond donors (Lipinski definition) is 0. The normalized spacial score (nSPS) is 17.4. The molecule has 0 aromatic heterocycles. The van der Waals surface area contributed by atoms with E-state index in [1.54, 1.807) is 0 Å². The fraction of sp³-hybridized carbons (Fsp3) is 0.211. The van der Waals surface area contributed by atoms with Gasteiger partial charge in [0.05, 0.1) is 5.57 Å². The summed E-state index contributed by atoms with van der Waals surface area (Å²) in [5.74, 6) is -2.92. The Morgan fingerprint density at radius 2 is 1.73 bits per heavy atom. The third kappa shape index (κ3) is 3.12. The summed E-state index contributed by atoms with van der Waals surface area (Å²) < 4.78 is 58.9. The van der Waals surface area contributed by atoms with Gasteiger partial charge in [0.2, 0.25) is 5.78 Å². The fourth-order valence-corrected chi connectivity index (χ4v) is 3.37. The zero-order valence-corrected chi connectivity index (χ0v) is 15.0. The molecule has 1 aliphatic heterocycles. The Morgan fingerprint density at radius 1 is 1.04 bits per heavy atom. The fourth-order valence-electron chi connectivity index (χ4n) is 2.77. The van der Waals surface area contributed by atoms with Crippen LogP contribution in [-0.4, -0.2) is 22.2 Å². The van der Waals surface area contributed by atoms with Gasteiger partial charge in [-0.25, -0.2) is 13.2 Å². The van der Waals surface area contributed by atoms with Crippen LogP contribution in [0.1, 0.15) is 25.0 Å². The molecule has 1 aliphatic rings. The van der Waals surface area contributed by atoms with Gasteiger partial charge in [0.1, 0.15) is 23.6 Å². The van der Waals surface area contributed by atoms with Crippen LogP contribution in [0.15, 0.2) is 41.3 Å². The van der Waals surface area contributed by atoms with Gasteiger partial charge in [0.25, 0.3) is 0 Å². The first-order chi connectivity index (χ1) is 12.1. The minimum absolute atomic E-state index is 0.00200. The number of ether oxygens (including phenoxy) is 1. The Balaban J connectivity index is 2.22. The van der Waals surface area contributed by atoms with Gasteiger partial charge in [-0.2, -0.15) is 0 Å². The van der Waals surface area contributed by atoms with Crippen molar-refractivity contribution in [3.8, 4) is 0 Å². The highest BCUT2D eigenvalue weighted by Crippen LogP contribution is 2.42. The molecule has 1 atom stereocenters. The number of benzene rings is 2. The van der Waals surface area contributed by atoms with Crippen molar-refractivity contribution in [2.45, 2.75) is 24.3 Å². The van der Waals surface area contributed by atoms with E-state index in [-0.39, 0.29) is 27.4 Å².